The van der Waals surface area contributed by atoms with Gasteiger partial charge in [0.1, 0.15) is 35.3 Å². The average molecular weight is 804 g/mol. The average Bonchev–Trinajstić information content (AvgIpc) is 3.85. The van der Waals surface area contributed by atoms with Gasteiger partial charge in [-0.05, 0) is 121 Å². The number of hydrogen-bond acceptors (Lipinski definition) is 11. The fraction of sp³-hybridized carbons (Fsp3) is 0.643. The van der Waals surface area contributed by atoms with Crippen molar-refractivity contribution in [2.45, 2.75) is 113 Å². The molecule has 12 nitrogen and oxygen atoms in total. The Morgan fingerprint density at radius 1 is 0.679 bits per heavy atom. The van der Waals surface area contributed by atoms with Crippen LogP contribution in [0.15, 0.2) is 43.0 Å². The predicted octanol–water partition coefficient (Wildman–Crippen LogP) is 7.22. The lowest BCUT2D eigenvalue weighted by atomic mass is 9.92. The molecule has 2 aromatic heterocycles. The summed E-state index contributed by atoms with van der Waals surface area (Å²) in [5.41, 5.74) is 1.25. The smallest absolute Gasteiger partial charge is 0.188 e. The van der Waals surface area contributed by atoms with Gasteiger partial charge in [0, 0.05) is 75.6 Å². The van der Waals surface area contributed by atoms with E-state index in [9.17, 15) is 0 Å². The van der Waals surface area contributed by atoms with Crippen molar-refractivity contribution in [1.29, 1.82) is 0 Å². The van der Waals surface area contributed by atoms with Crippen LogP contribution in [-0.4, -0.2) is 97.0 Å². The topological polar surface area (TPSA) is 123 Å². The normalized spacial score (nSPS) is 29.6. The molecule has 0 saturated carbocycles. The van der Waals surface area contributed by atoms with E-state index >= 15 is 0 Å². The van der Waals surface area contributed by atoms with Crippen LogP contribution < -0.4 is 36.4 Å². The Bertz CT molecular complexity index is 1740. The first kappa shape index (κ1) is 40.9. The van der Waals surface area contributed by atoms with Crippen LogP contribution >= 0.6 is 23.2 Å². The van der Waals surface area contributed by atoms with Crippen LogP contribution in [0.4, 0.5) is 28.8 Å². The first-order chi connectivity index (χ1) is 27.2. The standard InChI is InChI=1S/C20H23ClN6.C13H19ClN4.C9H18N2/c1-22-14-5-6-18(17(21)9-14)26-19-10-20(24-12-23-19)27(2)11-13-7-15-3-4-16(8-13)25-15;1-18(13-6-12(14)15-8-16-13)7-9-4-10-2-3-11(5-9)17-10;1-10-6-7-4-8-2-3-9(5-7)11-8/h5-6,9-10,12-13,15-16,25H,3-4,7-8,11H2,2H3,(H,23,24,26);6,8-11,17H,2-5,7H2,1H3;7-11H,2-6H2,1H3. The Morgan fingerprint density at radius 3 is 1.62 bits per heavy atom. The molecule has 0 amide bonds. The second kappa shape index (κ2) is 19.4. The summed E-state index contributed by atoms with van der Waals surface area (Å²) in [4.78, 5) is 24.7. The van der Waals surface area contributed by atoms with Gasteiger partial charge in [0.05, 0.1) is 17.3 Å². The minimum atomic E-state index is 0.502. The molecule has 6 atom stereocenters. The van der Waals surface area contributed by atoms with Crippen LogP contribution in [0.1, 0.15) is 77.0 Å². The Hall–Kier alpha value is -3.31. The molecule has 0 spiro atoms. The van der Waals surface area contributed by atoms with Crippen molar-refractivity contribution in [2.24, 2.45) is 17.8 Å². The Labute approximate surface area is 343 Å². The molecule has 14 heteroatoms. The highest BCUT2D eigenvalue weighted by atomic mass is 35.5. The molecule has 302 valence electrons. The number of piperidine rings is 3. The van der Waals surface area contributed by atoms with Gasteiger partial charge < -0.3 is 36.4 Å². The van der Waals surface area contributed by atoms with E-state index in [1.54, 1.807) is 24.5 Å². The summed E-state index contributed by atoms with van der Waals surface area (Å²) < 4.78 is 0. The van der Waals surface area contributed by atoms with E-state index in [-0.39, 0.29) is 0 Å². The number of anilines is 4. The SMILES string of the molecule is CN(CC1CC2CCC(C1)N2)c1cc(Cl)ncn1.CNCC1CC2CCC(C1)N2.[C-]#[N+]c1ccc(Nc2cc(N(C)CC3CC4CCC(C3)N4)ncn2)c(Cl)c1. The van der Waals surface area contributed by atoms with Crippen LogP contribution in [0.5, 0.6) is 0 Å². The number of aromatic nitrogens is 4. The highest BCUT2D eigenvalue weighted by Crippen LogP contribution is 2.34. The monoisotopic (exact) mass is 802 g/mol. The Kier molecular flexibility index (Phi) is 14.2. The maximum Gasteiger partial charge on any atom is 0.188 e. The number of rotatable bonds is 10. The summed E-state index contributed by atoms with van der Waals surface area (Å²) in [6.07, 6.45) is 19.2. The maximum absolute atomic E-state index is 7.06. The highest BCUT2D eigenvalue weighted by Gasteiger charge is 2.35. The number of benzene rings is 1. The molecule has 1 aromatic carbocycles. The van der Waals surface area contributed by atoms with Gasteiger partial charge in [0.25, 0.3) is 0 Å². The third-order valence-electron chi connectivity index (χ3n) is 12.7. The molecule has 6 aliphatic rings. The Balaban J connectivity index is 0.000000142. The van der Waals surface area contributed by atoms with Crippen molar-refractivity contribution in [2.75, 3.05) is 55.9 Å². The first-order valence-corrected chi connectivity index (χ1v) is 21.5. The highest BCUT2D eigenvalue weighted by molar-refractivity contribution is 6.33. The largest absolute Gasteiger partial charge is 0.359 e. The molecular weight excluding hydrogens is 743 g/mol. The summed E-state index contributed by atoms with van der Waals surface area (Å²) in [5.74, 6) is 4.92. The molecule has 9 rings (SSSR count). The van der Waals surface area contributed by atoms with Crippen LogP contribution in [0.25, 0.3) is 4.85 Å². The van der Waals surface area contributed by atoms with E-state index < -0.39 is 0 Å². The summed E-state index contributed by atoms with van der Waals surface area (Å²) in [6.45, 7) is 10.3. The molecule has 3 aromatic rings. The summed E-state index contributed by atoms with van der Waals surface area (Å²) in [7, 11) is 6.24. The second-order valence-corrected chi connectivity index (χ2v) is 17.9. The van der Waals surface area contributed by atoms with Gasteiger partial charge in [-0.25, -0.2) is 24.8 Å². The van der Waals surface area contributed by atoms with Gasteiger partial charge in [0.2, 0.25) is 0 Å². The number of fused-ring (bicyclic) bond motifs is 6. The zero-order valence-electron chi connectivity index (χ0n) is 33.2. The molecule has 0 radical (unpaired) electrons. The van der Waals surface area contributed by atoms with Crippen molar-refractivity contribution < 1.29 is 0 Å². The van der Waals surface area contributed by atoms with Crippen LogP contribution in [0.3, 0.4) is 0 Å². The lowest BCUT2D eigenvalue weighted by Gasteiger charge is -2.32. The van der Waals surface area contributed by atoms with E-state index in [1.807, 2.05) is 12.1 Å². The molecule has 8 heterocycles. The molecule has 6 fully saturated rings. The lowest BCUT2D eigenvalue weighted by Crippen LogP contribution is -2.41. The fourth-order valence-corrected chi connectivity index (χ4v) is 10.6. The van der Waals surface area contributed by atoms with Gasteiger partial charge in [0.15, 0.2) is 5.69 Å². The van der Waals surface area contributed by atoms with Crippen molar-refractivity contribution in [1.82, 2.24) is 41.2 Å². The van der Waals surface area contributed by atoms with Crippen molar-refractivity contribution >= 4 is 52.0 Å². The number of nitrogens with zero attached hydrogens (tertiary/aromatic N) is 7. The maximum atomic E-state index is 7.06. The molecule has 6 unspecified atom stereocenters. The van der Waals surface area contributed by atoms with Gasteiger partial charge in [-0.15, -0.1) is 0 Å². The van der Waals surface area contributed by atoms with Crippen LogP contribution in [-0.2, 0) is 0 Å². The summed E-state index contributed by atoms with van der Waals surface area (Å²) >= 11 is 12.2. The molecule has 6 bridgehead atoms. The van der Waals surface area contributed by atoms with Crippen molar-refractivity contribution in [3.8, 4) is 0 Å². The summed E-state index contributed by atoms with van der Waals surface area (Å²) in [6, 6.07) is 13.6. The molecule has 6 saturated heterocycles. The third-order valence-corrected chi connectivity index (χ3v) is 13.2. The number of hydrogen-bond donors (Lipinski definition) is 5. The predicted molar refractivity (Wildman–Crippen MR) is 229 cm³/mol. The zero-order valence-corrected chi connectivity index (χ0v) is 34.7. The van der Waals surface area contributed by atoms with Gasteiger partial charge in [-0.2, -0.15) is 0 Å². The third kappa shape index (κ3) is 11.2. The Morgan fingerprint density at radius 2 is 1.16 bits per heavy atom. The van der Waals surface area contributed by atoms with Gasteiger partial charge in [-0.1, -0.05) is 29.3 Å². The van der Waals surface area contributed by atoms with Crippen LogP contribution in [0, 0.1) is 24.3 Å². The van der Waals surface area contributed by atoms with E-state index in [4.69, 9.17) is 29.8 Å². The van der Waals surface area contributed by atoms with Crippen molar-refractivity contribution in [3.05, 3.63) is 64.6 Å². The molecule has 0 aliphatic carbocycles. The van der Waals surface area contributed by atoms with Gasteiger partial charge >= 0.3 is 0 Å². The quantitative estimate of drug-likeness (QED) is 0.106. The molecule has 56 heavy (non-hydrogen) atoms. The van der Waals surface area contributed by atoms with Crippen molar-refractivity contribution in [3.63, 3.8) is 0 Å². The fourth-order valence-electron chi connectivity index (χ4n) is 10.2. The van der Waals surface area contributed by atoms with E-state index in [0.717, 1.165) is 66.4 Å². The van der Waals surface area contributed by atoms with E-state index in [2.05, 4.69) is 82.3 Å². The lowest BCUT2D eigenvalue weighted by molar-refractivity contribution is 0.295. The second-order valence-electron chi connectivity index (χ2n) is 17.1. The first-order valence-electron chi connectivity index (χ1n) is 20.8. The minimum absolute atomic E-state index is 0.502. The number of halogens is 2. The van der Waals surface area contributed by atoms with Crippen LogP contribution in [0.2, 0.25) is 10.2 Å². The number of nitrogens with one attached hydrogen (secondary N) is 5. The zero-order chi connectivity index (χ0) is 39.0. The van der Waals surface area contributed by atoms with E-state index in [0.29, 0.717) is 39.7 Å². The summed E-state index contributed by atoms with van der Waals surface area (Å²) in [5, 5.41) is 18.5. The van der Waals surface area contributed by atoms with Gasteiger partial charge in [-0.3, -0.25) is 0 Å². The van der Waals surface area contributed by atoms with E-state index in [1.165, 1.54) is 89.9 Å². The molecule has 5 N–H and O–H groups in total. The molecular formula is C42H60Cl2N12. The molecule has 6 aliphatic heterocycles. The minimum Gasteiger partial charge on any atom is -0.359 e.